The molecule has 1 aliphatic heterocycles. The van der Waals surface area contributed by atoms with Crippen LogP contribution in [0.25, 0.3) is 6.08 Å². The van der Waals surface area contributed by atoms with Gasteiger partial charge in [0.2, 0.25) is 0 Å². The second-order valence-corrected chi connectivity index (χ2v) is 8.50. The van der Waals surface area contributed by atoms with Crippen molar-refractivity contribution in [3.8, 4) is 5.75 Å². The van der Waals surface area contributed by atoms with E-state index in [1.54, 1.807) is 35.5 Å². The van der Waals surface area contributed by atoms with Gasteiger partial charge >= 0.3 is 0 Å². The lowest BCUT2D eigenvalue weighted by molar-refractivity contribution is -0.113. The average molecular weight is 441 g/mol. The number of amides is 1. The number of hydrogen-bond donors (Lipinski definition) is 0. The molecule has 0 bridgehead atoms. The summed E-state index contributed by atoms with van der Waals surface area (Å²) in [6.45, 7) is 0. The number of aliphatic imine (C=N–C) groups is 1. The third kappa shape index (κ3) is 4.40. The number of methoxy groups -OCH3 is 1. The highest BCUT2D eigenvalue weighted by molar-refractivity contribution is 8.13. The monoisotopic (exact) mass is 440 g/mol. The molecule has 3 aromatic rings. The fourth-order valence-electron chi connectivity index (χ4n) is 2.85. The lowest BCUT2D eigenvalue weighted by Gasteiger charge is -2.18. The van der Waals surface area contributed by atoms with Crippen LogP contribution in [0.15, 0.2) is 76.7 Å². The molecule has 4 nitrogen and oxygen atoms in total. The number of anilines is 1. The normalized spacial score (nSPS) is 15.1. The summed E-state index contributed by atoms with van der Waals surface area (Å²) in [7, 11) is 1.56. The molecule has 146 valence electrons. The van der Waals surface area contributed by atoms with Gasteiger partial charge in [-0.15, -0.1) is 11.3 Å². The molecule has 0 saturated carbocycles. The summed E-state index contributed by atoms with van der Waals surface area (Å²) in [5, 5.41) is 3.05. The van der Waals surface area contributed by atoms with Gasteiger partial charge < -0.3 is 4.74 Å². The van der Waals surface area contributed by atoms with Crippen LogP contribution in [-0.2, 0) is 10.5 Å². The molecule has 1 aromatic heterocycles. The Kier molecular flexibility index (Phi) is 6.04. The number of thiophene rings is 1. The number of thioether (sulfide) groups is 1. The topological polar surface area (TPSA) is 41.9 Å². The number of benzene rings is 2. The first-order valence-electron chi connectivity index (χ1n) is 8.84. The molecule has 1 amide bonds. The molecule has 0 atom stereocenters. The van der Waals surface area contributed by atoms with Gasteiger partial charge in [-0.05, 0) is 41.3 Å². The van der Waals surface area contributed by atoms with Crippen LogP contribution in [0, 0.1) is 0 Å². The van der Waals surface area contributed by atoms with Crippen molar-refractivity contribution in [1.29, 1.82) is 0 Å². The second kappa shape index (κ2) is 8.86. The van der Waals surface area contributed by atoms with E-state index in [-0.39, 0.29) is 5.91 Å². The van der Waals surface area contributed by atoms with Crippen molar-refractivity contribution in [1.82, 2.24) is 0 Å². The zero-order valence-corrected chi connectivity index (χ0v) is 17.9. The smallest absolute Gasteiger partial charge is 0.283 e. The Morgan fingerprint density at radius 3 is 2.69 bits per heavy atom. The summed E-state index contributed by atoms with van der Waals surface area (Å²) in [6.07, 6.45) is 1.82. The van der Waals surface area contributed by atoms with Gasteiger partial charge in [0.15, 0.2) is 5.17 Å². The van der Waals surface area contributed by atoms with E-state index in [1.165, 1.54) is 11.8 Å². The van der Waals surface area contributed by atoms with Gasteiger partial charge in [0.25, 0.3) is 5.91 Å². The Balaban J connectivity index is 1.67. The summed E-state index contributed by atoms with van der Waals surface area (Å²) in [5.41, 5.74) is 2.24. The van der Waals surface area contributed by atoms with Crippen molar-refractivity contribution in [3.05, 3.63) is 87.2 Å². The van der Waals surface area contributed by atoms with Gasteiger partial charge in [-0.25, -0.2) is 4.99 Å². The van der Waals surface area contributed by atoms with E-state index in [0.717, 1.165) is 10.4 Å². The quantitative estimate of drug-likeness (QED) is 0.451. The highest BCUT2D eigenvalue weighted by atomic mass is 35.5. The van der Waals surface area contributed by atoms with Crippen molar-refractivity contribution in [2.75, 3.05) is 12.0 Å². The first-order chi connectivity index (χ1) is 14.2. The Morgan fingerprint density at radius 2 is 2.00 bits per heavy atom. The van der Waals surface area contributed by atoms with Crippen molar-refractivity contribution < 1.29 is 9.53 Å². The van der Waals surface area contributed by atoms with Crippen molar-refractivity contribution in [2.45, 2.75) is 5.75 Å². The van der Waals surface area contributed by atoms with E-state index in [4.69, 9.17) is 16.3 Å². The van der Waals surface area contributed by atoms with Crippen molar-refractivity contribution in [2.24, 2.45) is 4.99 Å². The molecule has 7 heteroatoms. The number of carbonyl (C=O) groups is 1. The molecule has 0 fully saturated rings. The lowest BCUT2D eigenvalue weighted by Crippen LogP contribution is -2.30. The van der Waals surface area contributed by atoms with E-state index in [0.29, 0.717) is 33.1 Å². The van der Waals surface area contributed by atoms with E-state index in [9.17, 15) is 4.79 Å². The van der Waals surface area contributed by atoms with Crippen molar-refractivity contribution in [3.63, 3.8) is 0 Å². The predicted molar refractivity (Wildman–Crippen MR) is 123 cm³/mol. The summed E-state index contributed by atoms with van der Waals surface area (Å²) in [4.78, 5) is 20.4. The zero-order chi connectivity index (χ0) is 20.2. The molecule has 0 aliphatic carbocycles. The maximum Gasteiger partial charge on any atom is 0.283 e. The molecule has 0 unspecified atom stereocenters. The van der Waals surface area contributed by atoms with Gasteiger partial charge in [-0.1, -0.05) is 59.8 Å². The number of carbonyl (C=O) groups excluding carboxylic acids is 1. The van der Waals surface area contributed by atoms with Gasteiger partial charge in [0.1, 0.15) is 11.4 Å². The first kappa shape index (κ1) is 19.8. The molecule has 2 heterocycles. The molecular weight excluding hydrogens is 424 g/mol. The van der Waals surface area contributed by atoms with Gasteiger partial charge in [-0.2, -0.15) is 0 Å². The van der Waals surface area contributed by atoms with Crippen LogP contribution in [0.3, 0.4) is 0 Å². The molecule has 0 saturated heterocycles. The number of halogens is 1. The van der Waals surface area contributed by atoms with Crippen LogP contribution in [0.5, 0.6) is 5.75 Å². The van der Waals surface area contributed by atoms with Crippen molar-refractivity contribution >= 4 is 57.5 Å². The fourth-order valence-corrected chi connectivity index (χ4v) is 4.72. The summed E-state index contributed by atoms with van der Waals surface area (Å²) < 4.78 is 5.23. The summed E-state index contributed by atoms with van der Waals surface area (Å²) in [5.74, 6) is 1.10. The van der Waals surface area contributed by atoms with E-state index < -0.39 is 0 Å². The molecule has 0 spiro atoms. The maximum absolute atomic E-state index is 13.2. The molecular formula is C22H17ClN2O2S2. The van der Waals surface area contributed by atoms with Crippen LogP contribution in [0.4, 0.5) is 5.69 Å². The Morgan fingerprint density at radius 1 is 1.17 bits per heavy atom. The average Bonchev–Trinajstić information content (AvgIpc) is 3.35. The maximum atomic E-state index is 13.2. The number of nitrogens with zero attached hydrogens (tertiary/aromatic N) is 2. The van der Waals surface area contributed by atoms with Crippen LogP contribution in [0.1, 0.15) is 10.4 Å². The van der Waals surface area contributed by atoms with Gasteiger partial charge in [0.05, 0.1) is 17.8 Å². The largest absolute Gasteiger partial charge is 0.495 e. The Hall–Kier alpha value is -2.54. The number of rotatable bonds is 5. The molecule has 0 N–H and O–H groups in total. The van der Waals surface area contributed by atoms with E-state index >= 15 is 0 Å². The molecule has 4 rings (SSSR count). The number of ether oxygens (including phenoxy) is 1. The van der Waals surface area contributed by atoms with Crippen LogP contribution in [-0.4, -0.2) is 18.2 Å². The number of amidine groups is 1. The van der Waals surface area contributed by atoms with Crippen LogP contribution >= 0.6 is 34.7 Å². The zero-order valence-electron chi connectivity index (χ0n) is 15.5. The Labute approximate surface area is 182 Å². The fraction of sp³-hybridized carbons (Fsp3) is 0.0909. The van der Waals surface area contributed by atoms with E-state index in [2.05, 4.69) is 17.1 Å². The minimum atomic E-state index is -0.171. The third-order valence-corrected chi connectivity index (χ3v) is 6.38. The van der Waals surface area contributed by atoms with Gasteiger partial charge in [-0.3, -0.25) is 9.69 Å². The third-order valence-electron chi connectivity index (χ3n) is 4.26. The summed E-state index contributed by atoms with van der Waals surface area (Å²) >= 11 is 9.39. The molecule has 1 aliphatic rings. The van der Waals surface area contributed by atoms with Crippen LogP contribution < -0.4 is 9.64 Å². The SMILES string of the molecule is COc1ccc(N2C(=O)/C(=C\c3cccs3)N=C2SCc2ccccc2)cc1Cl. The van der Waals surface area contributed by atoms with Crippen LogP contribution in [0.2, 0.25) is 5.02 Å². The van der Waals surface area contributed by atoms with Gasteiger partial charge in [0, 0.05) is 10.6 Å². The standard InChI is InChI=1S/C22H17ClN2O2S2/c1-27-20-10-9-16(12-18(20)23)25-21(26)19(13-17-8-5-11-28-17)24-22(25)29-14-15-6-3-2-4-7-15/h2-13H,14H2,1H3/b19-13+. The molecule has 29 heavy (non-hydrogen) atoms. The van der Waals surface area contributed by atoms with E-state index in [1.807, 2.05) is 47.9 Å². The minimum Gasteiger partial charge on any atom is -0.495 e. The predicted octanol–water partition coefficient (Wildman–Crippen LogP) is 6.09. The minimum absolute atomic E-state index is 0.171. The lowest BCUT2D eigenvalue weighted by atomic mass is 10.2. The Bertz CT molecular complexity index is 1080. The second-order valence-electron chi connectivity index (χ2n) is 6.17. The number of hydrogen-bond acceptors (Lipinski definition) is 5. The first-order valence-corrected chi connectivity index (χ1v) is 11.1. The molecule has 0 radical (unpaired) electrons. The highest BCUT2D eigenvalue weighted by Crippen LogP contribution is 2.35. The molecule has 2 aromatic carbocycles. The summed E-state index contributed by atoms with van der Waals surface area (Å²) in [6, 6.07) is 19.3. The highest BCUT2D eigenvalue weighted by Gasteiger charge is 2.32.